The fraction of sp³-hybridized carbons (Fsp3) is 0.273. The third kappa shape index (κ3) is 7.57. The SMILES string of the molecule is CCCOc1ccc(/C=C/C(=O)OCC(=O)Nc2ccc(O)cc2)cc1OCC. The van der Waals surface area contributed by atoms with E-state index in [0.29, 0.717) is 30.4 Å². The van der Waals surface area contributed by atoms with Gasteiger partial charge in [-0.05, 0) is 61.4 Å². The summed E-state index contributed by atoms with van der Waals surface area (Å²) < 4.78 is 16.2. The highest BCUT2D eigenvalue weighted by Gasteiger charge is 2.08. The summed E-state index contributed by atoms with van der Waals surface area (Å²) in [6, 6.07) is 11.3. The summed E-state index contributed by atoms with van der Waals surface area (Å²) in [6.45, 7) is 4.57. The Labute approximate surface area is 169 Å². The average Bonchev–Trinajstić information content (AvgIpc) is 2.72. The lowest BCUT2D eigenvalue weighted by molar-refractivity contribution is -0.142. The zero-order valence-electron chi connectivity index (χ0n) is 16.5. The summed E-state index contributed by atoms with van der Waals surface area (Å²) in [4.78, 5) is 23.7. The first-order valence-corrected chi connectivity index (χ1v) is 9.35. The van der Waals surface area contributed by atoms with Gasteiger partial charge in [-0.15, -0.1) is 0 Å². The standard InChI is InChI=1S/C22H25NO6/c1-3-13-28-19-11-5-16(14-20(19)27-4-2)6-12-22(26)29-15-21(25)23-17-7-9-18(24)10-8-17/h5-12,14,24H,3-4,13,15H2,1-2H3,(H,23,25)/b12-6+. The molecule has 0 aliphatic heterocycles. The van der Waals surface area contributed by atoms with Crippen LogP contribution < -0.4 is 14.8 Å². The molecule has 0 aromatic heterocycles. The molecule has 0 bridgehead atoms. The Morgan fingerprint density at radius 1 is 1.03 bits per heavy atom. The number of hydrogen-bond donors (Lipinski definition) is 2. The van der Waals surface area contributed by atoms with Gasteiger partial charge < -0.3 is 24.6 Å². The minimum atomic E-state index is -0.643. The Kier molecular flexibility index (Phi) is 8.56. The fourth-order valence-electron chi connectivity index (χ4n) is 2.32. The van der Waals surface area contributed by atoms with Gasteiger partial charge in [0, 0.05) is 11.8 Å². The normalized spacial score (nSPS) is 10.6. The van der Waals surface area contributed by atoms with Gasteiger partial charge >= 0.3 is 5.97 Å². The highest BCUT2D eigenvalue weighted by molar-refractivity contribution is 5.94. The van der Waals surface area contributed by atoms with Crippen LogP contribution in [-0.2, 0) is 14.3 Å². The van der Waals surface area contributed by atoms with Gasteiger partial charge in [0.25, 0.3) is 5.91 Å². The number of esters is 1. The quantitative estimate of drug-likeness (QED) is 0.359. The summed E-state index contributed by atoms with van der Waals surface area (Å²) in [7, 11) is 0. The van der Waals surface area contributed by atoms with E-state index in [0.717, 1.165) is 12.0 Å². The van der Waals surface area contributed by atoms with Crippen molar-refractivity contribution < 1.29 is 28.9 Å². The van der Waals surface area contributed by atoms with Crippen LogP contribution in [0.25, 0.3) is 6.08 Å². The van der Waals surface area contributed by atoms with Crippen molar-refractivity contribution in [3.8, 4) is 17.2 Å². The second-order valence-electron chi connectivity index (χ2n) is 6.02. The van der Waals surface area contributed by atoms with Gasteiger partial charge in [0.05, 0.1) is 13.2 Å². The number of amides is 1. The van der Waals surface area contributed by atoms with Crippen molar-refractivity contribution in [1.29, 1.82) is 0 Å². The highest BCUT2D eigenvalue weighted by Crippen LogP contribution is 2.29. The Morgan fingerprint density at radius 2 is 1.79 bits per heavy atom. The lowest BCUT2D eigenvalue weighted by Gasteiger charge is -2.12. The molecule has 7 heteroatoms. The maximum Gasteiger partial charge on any atom is 0.331 e. The molecule has 0 saturated heterocycles. The largest absolute Gasteiger partial charge is 0.508 e. The number of anilines is 1. The molecule has 154 valence electrons. The minimum Gasteiger partial charge on any atom is -0.508 e. The summed E-state index contributed by atoms with van der Waals surface area (Å²) >= 11 is 0. The first kappa shape index (κ1) is 21.8. The van der Waals surface area contributed by atoms with E-state index in [2.05, 4.69) is 5.32 Å². The third-order valence-corrected chi connectivity index (χ3v) is 3.64. The van der Waals surface area contributed by atoms with E-state index in [1.54, 1.807) is 36.4 Å². The molecule has 0 fully saturated rings. The fourth-order valence-corrected chi connectivity index (χ4v) is 2.32. The van der Waals surface area contributed by atoms with Crippen LogP contribution in [0, 0.1) is 0 Å². The second kappa shape index (κ2) is 11.4. The number of phenols is 1. The molecule has 2 aromatic rings. The molecule has 0 aliphatic carbocycles. The molecule has 0 unspecified atom stereocenters. The van der Waals surface area contributed by atoms with Gasteiger partial charge in [0.15, 0.2) is 18.1 Å². The topological polar surface area (TPSA) is 94.1 Å². The van der Waals surface area contributed by atoms with E-state index in [-0.39, 0.29) is 5.75 Å². The van der Waals surface area contributed by atoms with E-state index < -0.39 is 18.5 Å². The number of rotatable bonds is 10. The minimum absolute atomic E-state index is 0.0945. The Bertz CT molecular complexity index is 845. The predicted molar refractivity (Wildman–Crippen MR) is 110 cm³/mol. The monoisotopic (exact) mass is 399 g/mol. The Morgan fingerprint density at radius 3 is 2.48 bits per heavy atom. The van der Waals surface area contributed by atoms with Crippen molar-refractivity contribution in [2.24, 2.45) is 0 Å². The Balaban J connectivity index is 1.88. The van der Waals surface area contributed by atoms with Crippen molar-refractivity contribution in [3.63, 3.8) is 0 Å². The molecule has 0 radical (unpaired) electrons. The van der Waals surface area contributed by atoms with E-state index in [1.165, 1.54) is 18.2 Å². The van der Waals surface area contributed by atoms with Gasteiger partial charge in [-0.3, -0.25) is 4.79 Å². The van der Waals surface area contributed by atoms with Crippen LogP contribution >= 0.6 is 0 Å². The Hall–Kier alpha value is -3.48. The zero-order valence-corrected chi connectivity index (χ0v) is 16.5. The zero-order chi connectivity index (χ0) is 21.1. The number of nitrogens with one attached hydrogen (secondary N) is 1. The first-order valence-electron chi connectivity index (χ1n) is 9.35. The number of ether oxygens (including phenoxy) is 3. The number of carbonyl (C=O) groups is 2. The van der Waals surface area contributed by atoms with Gasteiger partial charge in [0.2, 0.25) is 0 Å². The lowest BCUT2D eigenvalue weighted by atomic mass is 10.2. The van der Waals surface area contributed by atoms with E-state index >= 15 is 0 Å². The van der Waals surface area contributed by atoms with Crippen molar-refractivity contribution in [2.75, 3.05) is 25.1 Å². The molecule has 0 heterocycles. The number of carbonyl (C=O) groups excluding carboxylic acids is 2. The van der Waals surface area contributed by atoms with Crippen LogP contribution in [0.5, 0.6) is 17.2 Å². The average molecular weight is 399 g/mol. The summed E-state index contributed by atoms with van der Waals surface area (Å²) in [5.74, 6) is 0.227. The number of phenolic OH excluding ortho intramolecular Hbond substituents is 1. The maximum absolute atomic E-state index is 11.9. The van der Waals surface area contributed by atoms with Gasteiger partial charge in [-0.2, -0.15) is 0 Å². The van der Waals surface area contributed by atoms with Gasteiger partial charge in [-0.25, -0.2) is 4.79 Å². The molecule has 2 aromatic carbocycles. The summed E-state index contributed by atoms with van der Waals surface area (Å²) in [5.41, 5.74) is 1.23. The third-order valence-electron chi connectivity index (χ3n) is 3.64. The highest BCUT2D eigenvalue weighted by atomic mass is 16.5. The number of hydrogen-bond acceptors (Lipinski definition) is 6. The van der Waals surface area contributed by atoms with Crippen LogP contribution in [0.1, 0.15) is 25.8 Å². The van der Waals surface area contributed by atoms with Crippen molar-refractivity contribution in [3.05, 3.63) is 54.1 Å². The van der Waals surface area contributed by atoms with E-state index in [9.17, 15) is 14.7 Å². The number of aromatic hydroxyl groups is 1. The molecule has 1 amide bonds. The molecular weight excluding hydrogens is 374 g/mol. The molecule has 7 nitrogen and oxygen atoms in total. The molecular formula is C22H25NO6. The molecule has 0 saturated carbocycles. The maximum atomic E-state index is 11.9. The molecule has 2 rings (SSSR count). The molecule has 29 heavy (non-hydrogen) atoms. The summed E-state index contributed by atoms with van der Waals surface area (Å²) in [6.07, 6.45) is 3.71. The van der Waals surface area contributed by atoms with E-state index in [1.807, 2.05) is 13.8 Å². The first-order chi connectivity index (χ1) is 14.0. The van der Waals surface area contributed by atoms with Crippen molar-refractivity contribution in [1.82, 2.24) is 0 Å². The van der Waals surface area contributed by atoms with Crippen LogP contribution in [0.15, 0.2) is 48.5 Å². The van der Waals surface area contributed by atoms with Crippen LogP contribution in [0.4, 0.5) is 5.69 Å². The second-order valence-corrected chi connectivity index (χ2v) is 6.02. The van der Waals surface area contributed by atoms with Gasteiger partial charge in [0.1, 0.15) is 5.75 Å². The summed E-state index contributed by atoms with van der Waals surface area (Å²) in [5, 5.41) is 11.8. The lowest BCUT2D eigenvalue weighted by Crippen LogP contribution is -2.20. The smallest absolute Gasteiger partial charge is 0.331 e. The van der Waals surface area contributed by atoms with Crippen LogP contribution in [0.3, 0.4) is 0 Å². The van der Waals surface area contributed by atoms with Crippen molar-refractivity contribution in [2.45, 2.75) is 20.3 Å². The molecule has 0 aliphatic rings. The predicted octanol–water partition coefficient (Wildman–Crippen LogP) is 3.77. The van der Waals surface area contributed by atoms with Crippen LogP contribution in [-0.4, -0.2) is 36.8 Å². The number of benzene rings is 2. The van der Waals surface area contributed by atoms with Gasteiger partial charge in [-0.1, -0.05) is 13.0 Å². The van der Waals surface area contributed by atoms with E-state index in [4.69, 9.17) is 14.2 Å². The molecule has 0 spiro atoms. The molecule has 2 N–H and O–H groups in total. The molecule has 0 atom stereocenters. The van der Waals surface area contributed by atoms with Crippen molar-refractivity contribution >= 4 is 23.6 Å². The van der Waals surface area contributed by atoms with Crippen LogP contribution in [0.2, 0.25) is 0 Å².